The molecule has 0 aliphatic carbocycles. The summed E-state index contributed by atoms with van der Waals surface area (Å²) >= 11 is 6.87. The maximum absolute atomic E-state index is 11.2. The minimum atomic E-state index is -0.211. The number of rotatable bonds is 3. The second-order valence-electron chi connectivity index (χ2n) is 3.25. The van der Waals surface area contributed by atoms with Crippen molar-refractivity contribution in [3.05, 3.63) is 33.3 Å². The minimum Gasteiger partial charge on any atom is -0.469 e. The highest BCUT2D eigenvalue weighted by atomic mass is 79.9. The van der Waals surface area contributed by atoms with Crippen LogP contribution >= 0.6 is 31.9 Å². The van der Waals surface area contributed by atoms with Crippen molar-refractivity contribution in [2.75, 3.05) is 7.11 Å². The SMILES string of the molecule is COC(=O)Cc1cc(CBr)cc(Br)c1C. The van der Waals surface area contributed by atoms with Crippen LogP contribution in [-0.4, -0.2) is 13.1 Å². The van der Waals surface area contributed by atoms with E-state index >= 15 is 0 Å². The molecule has 0 aliphatic rings. The highest BCUT2D eigenvalue weighted by Crippen LogP contribution is 2.24. The van der Waals surface area contributed by atoms with E-state index in [0.29, 0.717) is 6.42 Å². The molecule has 82 valence electrons. The third-order valence-electron chi connectivity index (χ3n) is 2.23. The summed E-state index contributed by atoms with van der Waals surface area (Å²) in [6.45, 7) is 1.99. The maximum atomic E-state index is 11.2. The zero-order chi connectivity index (χ0) is 11.4. The molecular weight excluding hydrogens is 324 g/mol. The Morgan fingerprint density at radius 3 is 2.67 bits per heavy atom. The molecule has 1 aromatic rings. The van der Waals surface area contributed by atoms with Crippen molar-refractivity contribution in [1.29, 1.82) is 0 Å². The molecule has 4 heteroatoms. The fourth-order valence-corrected chi connectivity index (χ4v) is 2.16. The Labute approximate surface area is 106 Å². The number of halogens is 2. The van der Waals surface area contributed by atoms with Gasteiger partial charge in [0.15, 0.2) is 0 Å². The molecule has 0 N–H and O–H groups in total. The Balaban J connectivity index is 3.05. The summed E-state index contributed by atoms with van der Waals surface area (Å²) in [5, 5.41) is 0.778. The number of esters is 1. The van der Waals surface area contributed by atoms with Crippen molar-refractivity contribution < 1.29 is 9.53 Å². The summed E-state index contributed by atoms with van der Waals surface area (Å²) in [6, 6.07) is 4.07. The van der Waals surface area contributed by atoms with Crippen molar-refractivity contribution >= 4 is 37.8 Å². The first-order valence-electron chi connectivity index (χ1n) is 4.49. The van der Waals surface area contributed by atoms with E-state index in [2.05, 4.69) is 36.6 Å². The minimum absolute atomic E-state index is 0.211. The third-order valence-corrected chi connectivity index (χ3v) is 3.70. The monoisotopic (exact) mass is 334 g/mol. The topological polar surface area (TPSA) is 26.3 Å². The van der Waals surface area contributed by atoms with Gasteiger partial charge in [0, 0.05) is 9.80 Å². The molecule has 1 aromatic carbocycles. The lowest BCUT2D eigenvalue weighted by Gasteiger charge is -2.09. The molecule has 0 radical (unpaired) electrons. The molecule has 0 saturated carbocycles. The Morgan fingerprint density at radius 2 is 2.13 bits per heavy atom. The number of benzene rings is 1. The van der Waals surface area contributed by atoms with Crippen LogP contribution in [-0.2, 0) is 21.3 Å². The van der Waals surface area contributed by atoms with Crippen LogP contribution in [0.5, 0.6) is 0 Å². The van der Waals surface area contributed by atoms with Crippen molar-refractivity contribution in [3.63, 3.8) is 0 Å². The summed E-state index contributed by atoms with van der Waals surface area (Å²) in [4.78, 5) is 11.2. The second kappa shape index (κ2) is 5.66. The number of carbonyl (C=O) groups excluding carboxylic acids is 1. The summed E-state index contributed by atoms with van der Waals surface area (Å²) in [6.07, 6.45) is 0.321. The van der Waals surface area contributed by atoms with E-state index in [0.717, 1.165) is 26.5 Å². The fraction of sp³-hybridized carbons (Fsp3) is 0.364. The standard InChI is InChI=1S/C11H12Br2O2/c1-7-9(5-11(14)15-2)3-8(6-12)4-10(7)13/h3-4H,5-6H2,1-2H3. The molecule has 0 aromatic heterocycles. The highest BCUT2D eigenvalue weighted by molar-refractivity contribution is 9.10. The van der Waals surface area contributed by atoms with Gasteiger partial charge in [0.2, 0.25) is 0 Å². The molecule has 0 heterocycles. The van der Waals surface area contributed by atoms with Crippen LogP contribution in [0.4, 0.5) is 0 Å². The van der Waals surface area contributed by atoms with Crippen LogP contribution in [0.25, 0.3) is 0 Å². The summed E-state index contributed by atoms with van der Waals surface area (Å²) in [7, 11) is 1.40. The van der Waals surface area contributed by atoms with Crippen LogP contribution in [0.2, 0.25) is 0 Å². The van der Waals surface area contributed by atoms with Gasteiger partial charge in [-0.3, -0.25) is 4.79 Å². The Morgan fingerprint density at radius 1 is 1.47 bits per heavy atom. The molecule has 0 atom stereocenters. The third kappa shape index (κ3) is 3.31. The maximum Gasteiger partial charge on any atom is 0.309 e. The molecule has 0 aliphatic heterocycles. The normalized spacial score (nSPS) is 10.1. The van der Waals surface area contributed by atoms with E-state index in [4.69, 9.17) is 0 Å². The molecule has 0 spiro atoms. The van der Waals surface area contributed by atoms with E-state index in [9.17, 15) is 4.79 Å². The lowest BCUT2D eigenvalue weighted by atomic mass is 10.0. The molecule has 0 fully saturated rings. The Bertz CT molecular complexity index is 375. The van der Waals surface area contributed by atoms with Crippen LogP contribution in [0.1, 0.15) is 16.7 Å². The predicted octanol–water partition coefficient (Wildman–Crippen LogP) is 3.37. The van der Waals surface area contributed by atoms with Crippen LogP contribution in [0.15, 0.2) is 16.6 Å². The number of hydrogen-bond donors (Lipinski definition) is 0. The van der Waals surface area contributed by atoms with Gasteiger partial charge in [-0.2, -0.15) is 0 Å². The largest absolute Gasteiger partial charge is 0.469 e. The molecule has 0 amide bonds. The highest BCUT2D eigenvalue weighted by Gasteiger charge is 2.09. The van der Waals surface area contributed by atoms with Gasteiger partial charge in [0.1, 0.15) is 0 Å². The van der Waals surface area contributed by atoms with Crippen molar-refractivity contribution in [2.45, 2.75) is 18.7 Å². The van der Waals surface area contributed by atoms with Crippen LogP contribution < -0.4 is 0 Å². The zero-order valence-corrected chi connectivity index (χ0v) is 11.8. The Kier molecular flexibility index (Phi) is 4.80. The average molecular weight is 336 g/mol. The lowest BCUT2D eigenvalue weighted by molar-refractivity contribution is -0.139. The number of hydrogen-bond acceptors (Lipinski definition) is 2. The first kappa shape index (κ1) is 12.7. The van der Waals surface area contributed by atoms with E-state index in [1.807, 2.05) is 19.1 Å². The summed E-state index contributed by atoms with van der Waals surface area (Å²) < 4.78 is 5.68. The molecule has 0 saturated heterocycles. The average Bonchev–Trinajstić information content (AvgIpc) is 2.24. The van der Waals surface area contributed by atoms with Gasteiger partial charge < -0.3 is 4.74 Å². The predicted molar refractivity (Wildman–Crippen MR) is 67.2 cm³/mol. The van der Waals surface area contributed by atoms with Gasteiger partial charge in [-0.1, -0.05) is 37.9 Å². The van der Waals surface area contributed by atoms with E-state index in [1.54, 1.807) is 0 Å². The number of alkyl halides is 1. The van der Waals surface area contributed by atoms with Crippen molar-refractivity contribution in [1.82, 2.24) is 0 Å². The van der Waals surface area contributed by atoms with Crippen LogP contribution in [0.3, 0.4) is 0 Å². The van der Waals surface area contributed by atoms with E-state index in [1.165, 1.54) is 7.11 Å². The van der Waals surface area contributed by atoms with Gasteiger partial charge in [-0.05, 0) is 29.7 Å². The fourth-order valence-electron chi connectivity index (χ4n) is 1.29. The zero-order valence-electron chi connectivity index (χ0n) is 8.64. The molecule has 2 nitrogen and oxygen atoms in total. The number of ether oxygens (including phenoxy) is 1. The Hall–Kier alpha value is -0.350. The van der Waals surface area contributed by atoms with E-state index in [-0.39, 0.29) is 5.97 Å². The molecule has 15 heavy (non-hydrogen) atoms. The lowest BCUT2D eigenvalue weighted by Crippen LogP contribution is -2.06. The summed E-state index contributed by atoms with van der Waals surface area (Å²) in [5.41, 5.74) is 3.24. The van der Waals surface area contributed by atoms with Crippen molar-refractivity contribution in [2.24, 2.45) is 0 Å². The van der Waals surface area contributed by atoms with Crippen molar-refractivity contribution in [3.8, 4) is 0 Å². The van der Waals surface area contributed by atoms with Gasteiger partial charge in [0.05, 0.1) is 13.5 Å². The van der Waals surface area contributed by atoms with Gasteiger partial charge in [0.25, 0.3) is 0 Å². The molecule has 0 unspecified atom stereocenters. The van der Waals surface area contributed by atoms with Gasteiger partial charge >= 0.3 is 5.97 Å². The number of carbonyl (C=O) groups is 1. The first-order chi connectivity index (χ1) is 7.08. The van der Waals surface area contributed by atoms with E-state index < -0.39 is 0 Å². The first-order valence-corrected chi connectivity index (χ1v) is 6.40. The van der Waals surface area contributed by atoms with Crippen LogP contribution in [0, 0.1) is 6.92 Å². The summed E-state index contributed by atoms with van der Waals surface area (Å²) in [5.74, 6) is -0.211. The second-order valence-corrected chi connectivity index (χ2v) is 4.66. The molecule has 1 rings (SSSR count). The van der Waals surface area contributed by atoms with Gasteiger partial charge in [-0.15, -0.1) is 0 Å². The smallest absolute Gasteiger partial charge is 0.309 e. The van der Waals surface area contributed by atoms with Gasteiger partial charge in [-0.25, -0.2) is 0 Å². The molecule has 0 bridgehead atoms. The quantitative estimate of drug-likeness (QED) is 0.625. The molecular formula is C11H12Br2O2. The number of methoxy groups -OCH3 is 1.